The first kappa shape index (κ1) is 26.1. The molecule has 0 bridgehead atoms. The predicted octanol–water partition coefficient (Wildman–Crippen LogP) is 3.29. The summed E-state index contributed by atoms with van der Waals surface area (Å²) in [7, 11) is 3.10. The molecule has 4 N–H and O–H groups in total. The molecule has 1 unspecified atom stereocenters. The number of hydrogen-bond acceptors (Lipinski definition) is 5. The van der Waals surface area contributed by atoms with Gasteiger partial charge in [-0.15, -0.1) is 0 Å². The third-order valence-electron chi connectivity index (χ3n) is 6.45. The summed E-state index contributed by atoms with van der Waals surface area (Å²) in [5.74, 6) is 0.834. The van der Waals surface area contributed by atoms with Crippen molar-refractivity contribution in [2.75, 3.05) is 14.2 Å². The van der Waals surface area contributed by atoms with Gasteiger partial charge in [-0.05, 0) is 54.0 Å². The second-order valence-corrected chi connectivity index (χ2v) is 8.99. The number of amides is 2. The van der Waals surface area contributed by atoms with Crippen molar-refractivity contribution in [3.8, 4) is 11.5 Å². The number of benzene rings is 2. The Morgan fingerprint density at radius 2 is 1.89 bits per heavy atom. The fraction of sp³-hybridized carbons (Fsp3) is 0.444. The fourth-order valence-electron chi connectivity index (χ4n) is 4.30. The zero-order chi connectivity index (χ0) is 25.4. The van der Waals surface area contributed by atoms with E-state index in [0.29, 0.717) is 17.9 Å². The van der Waals surface area contributed by atoms with Crippen LogP contribution in [0.2, 0.25) is 0 Å². The zero-order valence-corrected chi connectivity index (χ0v) is 21.0. The summed E-state index contributed by atoms with van der Waals surface area (Å²) in [6.45, 7) is 4.15. The number of aliphatic imine (C=N–C) groups is 1. The van der Waals surface area contributed by atoms with Crippen LogP contribution in [0.3, 0.4) is 0 Å². The van der Waals surface area contributed by atoms with Crippen LogP contribution in [0.25, 0.3) is 0 Å². The zero-order valence-electron chi connectivity index (χ0n) is 21.0. The number of nitrogens with zero attached hydrogens (tertiary/aromatic N) is 1. The molecular formula is C27H36N4O4. The number of nitrogens with two attached hydrogens (primary N) is 1. The second-order valence-electron chi connectivity index (χ2n) is 8.99. The maximum atomic E-state index is 13.2. The summed E-state index contributed by atoms with van der Waals surface area (Å²) in [5.41, 5.74) is 9.22. The van der Waals surface area contributed by atoms with Crippen LogP contribution >= 0.6 is 0 Å². The third-order valence-corrected chi connectivity index (χ3v) is 6.45. The van der Waals surface area contributed by atoms with Crippen LogP contribution in [-0.2, 0) is 22.4 Å². The van der Waals surface area contributed by atoms with Crippen molar-refractivity contribution < 1.29 is 19.1 Å². The van der Waals surface area contributed by atoms with Gasteiger partial charge in [-0.1, -0.05) is 50.6 Å². The van der Waals surface area contributed by atoms with Crippen molar-refractivity contribution in [1.82, 2.24) is 10.6 Å². The number of aryl methyl sites for hydroxylation is 1. The largest absolute Gasteiger partial charge is 0.493 e. The van der Waals surface area contributed by atoms with Crippen LogP contribution in [-0.4, -0.2) is 38.0 Å². The Morgan fingerprint density at radius 3 is 2.60 bits per heavy atom. The summed E-state index contributed by atoms with van der Waals surface area (Å²) in [6.07, 6.45) is 3.34. The molecule has 3 atom stereocenters. The van der Waals surface area contributed by atoms with Crippen molar-refractivity contribution in [3.63, 3.8) is 0 Å². The van der Waals surface area contributed by atoms with E-state index in [9.17, 15) is 9.59 Å². The van der Waals surface area contributed by atoms with E-state index in [2.05, 4.69) is 41.6 Å². The highest BCUT2D eigenvalue weighted by Gasteiger charge is 2.28. The molecule has 1 aliphatic rings. The molecular weight excluding hydrogens is 444 g/mol. The minimum Gasteiger partial charge on any atom is -0.493 e. The van der Waals surface area contributed by atoms with Crippen LogP contribution in [0.15, 0.2) is 47.5 Å². The maximum absolute atomic E-state index is 13.2. The van der Waals surface area contributed by atoms with Gasteiger partial charge in [0.2, 0.25) is 11.8 Å². The van der Waals surface area contributed by atoms with Gasteiger partial charge < -0.3 is 20.5 Å². The Balaban J connectivity index is 1.67. The molecule has 3 rings (SSSR count). The molecule has 0 aliphatic heterocycles. The summed E-state index contributed by atoms with van der Waals surface area (Å²) >= 11 is 0. The van der Waals surface area contributed by atoms with E-state index in [4.69, 9.17) is 15.2 Å². The SMILES string of the molecule is CCC(C)C[C@@H](N=C(N)NC(=O)Cc1ccc(OC)c(OC)c1)C(=O)N[C@H]1CCc2ccccc21. The fourth-order valence-corrected chi connectivity index (χ4v) is 4.30. The van der Waals surface area contributed by atoms with Crippen molar-refractivity contribution in [2.45, 2.75) is 58.0 Å². The highest BCUT2D eigenvalue weighted by atomic mass is 16.5. The predicted molar refractivity (Wildman–Crippen MR) is 137 cm³/mol. The number of rotatable bonds is 10. The third kappa shape index (κ3) is 6.97. The van der Waals surface area contributed by atoms with Crippen LogP contribution < -0.4 is 25.8 Å². The molecule has 0 fully saturated rings. The molecule has 2 amide bonds. The van der Waals surface area contributed by atoms with Gasteiger partial charge in [0.1, 0.15) is 6.04 Å². The summed E-state index contributed by atoms with van der Waals surface area (Å²) in [4.78, 5) is 30.2. The monoisotopic (exact) mass is 480 g/mol. The van der Waals surface area contributed by atoms with Gasteiger partial charge in [-0.3, -0.25) is 14.9 Å². The lowest BCUT2D eigenvalue weighted by atomic mass is 9.98. The van der Waals surface area contributed by atoms with Crippen molar-refractivity contribution in [3.05, 3.63) is 59.2 Å². The molecule has 2 aromatic carbocycles. The number of fused-ring (bicyclic) bond motifs is 1. The van der Waals surface area contributed by atoms with Crippen molar-refractivity contribution in [1.29, 1.82) is 0 Å². The number of carbonyl (C=O) groups excluding carboxylic acids is 2. The molecule has 8 heteroatoms. The molecule has 2 aromatic rings. The van der Waals surface area contributed by atoms with Gasteiger partial charge in [-0.25, -0.2) is 4.99 Å². The van der Waals surface area contributed by atoms with E-state index in [0.717, 1.165) is 30.4 Å². The Bertz CT molecular complexity index is 1070. The van der Waals surface area contributed by atoms with E-state index in [-0.39, 0.29) is 36.2 Å². The molecule has 0 spiro atoms. The van der Waals surface area contributed by atoms with E-state index in [1.807, 2.05) is 12.1 Å². The minimum atomic E-state index is -0.681. The van der Waals surface area contributed by atoms with Gasteiger partial charge >= 0.3 is 0 Å². The first-order valence-electron chi connectivity index (χ1n) is 12.1. The van der Waals surface area contributed by atoms with E-state index in [1.165, 1.54) is 5.56 Å². The Hall–Kier alpha value is -3.55. The van der Waals surface area contributed by atoms with Gasteiger partial charge in [0.25, 0.3) is 0 Å². The van der Waals surface area contributed by atoms with Gasteiger partial charge in [0.15, 0.2) is 17.5 Å². The number of ether oxygens (including phenoxy) is 2. The molecule has 0 saturated carbocycles. The lowest BCUT2D eigenvalue weighted by molar-refractivity contribution is -0.123. The number of hydrogen-bond donors (Lipinski definition) is 3. The highest BCUT2D eigenvalue weighted by molar-refractivity contribution is 5.98. The number of carbonyl (C=O) groups is 2. The second kappa shape index (κ2) is 12.2. The molecule has 0 aromatic heterocycles. The Morgan fingerprint density at radius 1 is 1.14 bits per heavy atom. The van der Waals surface area contributed by atoms with E-state index < -0.39 is 6.04 Å². The van der Waals surface area contributed by atoms with E-state index in [1.54, 1.807) is 32.4 Å². The van der Waals surface area contributed by atoms with Gasteiger partial charge in [0, 0.05) is 0 Å². The Kier molecular flexibility index (Phi) is 9.11. The van der Waals surface area contributed by atoms with Gasteiger partial charge in [-0.2, -0.15) is 0 Å². The molecule has 0 heterocycles. The first-order valence-corrected chi connectivity index (χ1v) is 12.1. The average Bonchev–Trinajstić information content (AvgIpc) is 3.25. The molecule has 8 nitrogen and oxygen atoms in total. The van der Waals surface area contributed by atoms with Crippen LogP contribution in [0.5, 0.6) is 11.5 Å². The number of nitrogens with one attached hydrogen (secondary N) is 2. The molecule has 0 radical (unpaired) electrons. The molecule has 1 aliphatic carbocycles. The topological polar surface area (TPSA) is 115 Å². The molecule has 35 heavy (non-hydrogen) atoms. The van der Waals surface area contributed by atoms with Crippen molar-refractivity contribution >= 4 is 17.8 Å². The lowest BCUT2D eigenvalue weighted by Gasteiger charge is -2.21. The summed E-state index contributed by atoms with van der Waals surface area (Å²) in [5, 5.41) is 5.76. The quantitative estimate of drug-likeness (QED) is 0.357. The van der Waals surface area contributed by atoms with Crippen molar-refractivity contribution in [2.24, 2.45) is 16.6 Å². The highest BCUT2D eigenvalue weighted by Crippen LogP contribution is 2.31. The number of guanidine groups is 1. The first-order chi connectivity index (χ1) is 16.8. The minimum absolute atomic E-state index is 0.0331. The molecule has 0 saturated heterocycles. The summed E-state index contributed by atoms with van der Waals surface area (Å²) in [6, 6.07) is 12.7. The Labute approximate surface area is 207 Å². The van der Waals surface area contributed by atoms with Gasteiger partial charge in [0.05, 0.1) is 26.7 Å². The summed E-state index contributed by atoms with van der Waals surface area (Å²) < 4.78 is 10.5. The smallest absolute Gasteiger partial charge is 0.245 e. The van der Waals surface area contributed by atoms with Crippen LogP contribution in [0.4, 0.5) is 0 Å². The van der Waals surface area contributed by atoms with Crippen LogP contribution in [0, 0.1) is 5.92 Å². The average molecular weight is 481 g/mol. The lowest BCUT2D eigenvalue weighted by Crippen LogP contribution is -2.42. The van der Waals surface area contributed by atoms with E-state index >= 15 is 0 Å². The normalized spacial score (nSPS) is 16.7. The number of methoxy groups -OCH3 is 2. The van der Waals surface area contributed by atoms with Crippen LogP contribution in [0.1, 0.15) is 55.8 Å². The maximum Gasteiger partial charge on any atom is 0.245 e. The molecule has 188 valence electrons. The standard InChI is InChI=1S/C27H36N4O4/c1-5-17(2)14-22(26(33)29-21-12-11-19-8-6-7-9-20(19)21)30-27(28)31-25(32)16-18-10-13-23(34-3)24(15-18)35-4/h6-10,13,15,17,21-22H,5,11-12,14,16H2,1-4H3,(H,29,33)(H3,28,30,31,32)/t17?,21-,22+/m0/s1.